The Hall–Kier alpha value is -3.38. The molecule has 0 aliphatic rings. The van der Waals surface area contributed by atoms with Crippen LogP contribution in [-0.2, 0) is 25.4 Å². The van der Waals surface area contributed by atoms with Gasteiger partial charge in [-0.2, -0.15) is 0 Å². The van der Waals surface area contributed by atoms with E-state index in [0.29, 0.717) is 27.1 Å². The molecule has 0 radical (unpaired) electrons. The molecule has 1 N–H and O–H groups in total. The molecule has 1 amide bonds. The molecule has 38 heavy (non-hydrogen) atoms. The Morgan fingerprint density at radius 1 is 0.895 bits per heavy atom. The third-order valence-electron chi connectivity index (χ3n) is 4.53. The van der Waals surface area contributed by atoms with Crippen LogP contribution in [0.1, 0.15) is 64.0 Å². The number of hydrogen-bond donors (Lipinski definition) is 1. The van der Waals surface area contributed by atoms with Crippen molar-refractivity contribution in [3.63, 3.8) is 0 Å². The van der Waals surface area contributed by atoms with Crippen molar-refractivity contribution < 1.29 is 28.6 Å². The second kappa shape index (κ2) is 12.0. The zero-order chi connectivity index (χ0) is 28.1. The van der Waals surface area contributed by atoms with Crippen LogP contribution in [0.3, 0.4) is 0 Å². The van der Waals surface area contributed by atoms with Gasteiger partial charge in [-0.15, -0.1) is 22.7 Å². The Labute approximate surface area is 229 Å². The van der Waals surface area contributed by atoms with Gasteiger partial charge in [0.2, 0.25) is 0 Å². The van der Waals surface area contributed by atoms with Crippen LogP contribution in [0.25, 0.3) is 22.1 Å². The van der Waals surface area contributed by atoms with Gasteiger partial charge in [0.25, 0.3) is 0 Å². The van der Waals surface area contributed by atoms with Gasteiger partial charge in [-0.1, -0.05) is 6.07 Å². The van der Waals surface area contributed by atoms with E-state index < -0.39 is 35.3 Å². The zero-order valence-electron chi connectivity index (χ0n) is 22.5. The molecule has 0 bridgehead atoms. The SMILES string of the molecule is CCOC(=O)c1csc(-c2cccc(-c3csc(C[C@H](NC(=O)OC(C)(C)C)C(=O)OC(C)(C)C)n3)n2)n1. The summed E-state index contributed by atoms with van der Waals surface area (Å²) in [5.74, 6) is -1.06. The predicted octanol–water partition coefficient (Wildman–Crippen LogP) is 5.28. The number of hydrogen-bond acceptors (Lipinski definition) is 11. The highest BCUT2D eigenvalue weighted by Gasteiger charge is 2.30. The van der Waals surface area contributed by atoms with Crippen molar-refractivity contribution in [3.8, 4) is 22.1 Å². The van der Waals surface area contributed by atoms with E-state index in [1.807, 2.05) is 17.5 Å². The highest BCUT2D eigenvalue weighted by molar-refractivity contribution is 7.13. The first-order valence-corrected chi connectivity index (χ1v) is 13.8. The highest BCUT2D eigenvalue weighted by Crippen LogP contribution is 2.27. The van der Waals surface area contributed by atoms with Gasteiger partial charge in [-0.3, -0.25) is 0 Å². The number of esters is 2. The summed E-state index contributed by atoms with van der Waals surface area (Å²) in [7, 11) is 0. The van der Waals surface area contributed by atoms with Crippen molar-refractivity contribution >= 4 is 40.7 Å². The maximum atomic E-state index is 12.9. The third-order valence-corrected chi connectivity index (χ3v) is 6.27. The number of rotatable bonds is 8. The fourth-order valence-corrected chi connectivity index (χ4v) is 4.69. The van der Waals surface area contributed by atoms with Crippen LogP contribution in [-0.4, -0.2) is 56.8 Å². The number of alkyl carbamates (subject to hydrolysis) is 1. The first-order valence-electron chi connectivity index (χ1n) is 12.0. The average molecular weight is 561 g/mol. The standard InChI is InChI=1S/C26H32N4O6S2/c1-8-34-22(31)19-14-38-21(29-19)16-11-9-10-15(27-16)18-13-37-20(28-18)12-17(23(32)35-25(2,3)4)30-24(33)36-26(5,6)7/h9-11,13-14,17H,8,12H2,1-7H3,(H,30,33)/t17-/m0/s1. The van der Waals surface area contributed by atoms with Gasteiger partial charge in [0, 0.05) is 17.2 Å². The van der Waals surface area contributed by atoms with E-state index in [0.717, 1.165) is 0 Å². The van der Waals surface area contributed by atoms with Crippen molar-refractivity contribution in [1.82, 2.24) is 20.3 Å². The monoisotopic (exact) mass is 560 g/mol. The number of ether oxygens (including phenoxy) is 3. The highest BCUT2D eigenvalue weighted by atomic mass is 32.1. The lowest BCUT2D eigenvalue weighted by Gasteiger charge is -2.26. The maximum absolute atomic E-state index is 12.9. The van der Waals surface area contributed by atoms with Crippen molar-refractivity contribution in [2.24, 2.45) is 0 Å². The molecule has 0 aliphatic carbocycles. The quantitative estimate of drug-likeness (QED) is 0.289. The molecule has 0 saturated heterocycles. The molecule has 0 aliphatic heterocycles. The normalized spacial score (nSPS) is 12.5. The van der Waals surface area contributed by atoms with E-state index in [4.69, 9.17) is 14.2 Å². The van der Waals surface area contributed by atoms with Gasteiger partial charge in [-0.05, 0) is 60.6 Å². The molecule has 0 spiro atoms. The van der Waals surface area contributed by atoms with Gasteiger partial charge < -0.3 is 19.5 Å². The minimum atomic E-state index is -0.987. The van der Waals surface area contributed by atoms with Crippen molar-refractivity contribution in [1.29, 1.82) is 0 Å². The summed E-state index contributed by atoms with van der Waals surface area (Å²) in [5, 5.41) is 7.27. The molecule has 1 atom stereocenters. The molecule has 3 heterocycles. The van der Waals surface area contributed by atoms with Crippen molar-refractivity contribution in [2.75, 3.05) is 6.61 Å². The van der Waals surface area contributed by atoms with E-state index in [1.165, 1.54) is 22.7 Å². The number of carbonyl (C=O) groups is 3. The molecule has 10 nitrogen and oxygen atoms in total. The van der Waals surface area contributed by atoms with E-state index in [1.54, 1.807) is 59.9 Å². The summed E-state index contributed by atoms with van der Waals surface area (Å²) in [6.07, 6.45) is -0.599. The molecule has 12 heteroatoms. The maximum Gasteiger partial charge on any atom is 0.408 e. The van der Waals surface area contributed by atoms with Gasteiger partial charge >= 0.3 is 18.0 Å². The van der Waals surface area contributed by atoms with Gasteiger partial charge in [0.05, 0.1) is 28.7 Å². The Balaban J connectivity index is 1.79. The largest absolute Gasteiger partial charge is 0.461 e. The number of thiazole rings is 2. The van der Waals surface area contributed by atoms with E-state index in [2.05, 4.69) is 20.3 Å². The topological polar surface area (TPSA) is 130 Å². The Morgan fingerprint density at radius 2 is 1.58 bits per heavy atom. The molecule has 3 aromatic rings. The van der Waals surface area contributed by atoms with Gasteiger partial charge in [-0.25, -0.2) is 29.3 Å². The van der Waals surface area contributed by atoms with E-state index in [9.17, 15) is 14.4 Å². The molecule has 0 unspecified atom stereocenters. The van der Waals surface area contributed by atoms with E-state index in [-0.39, 0.29) is 18.7 Å². The van der Waals surface area contributed by atoms with Crippen LogP contribution in [0.4, 0.5) is 4.79 Å². The van der Waals surface area contributed by atoms with Crippen LogP contribution >= 0.6 is 22.7 Å². The molecule has 3 rings (SSSR count). The Morgan fingerprint density at radius 3 is 2.24 bits per heavy atom. The fourth-order valence-electron chi connectivity index (χ4n) is 3.10. The Kier molecular flexibility index (Phi) is 9.21. The summed E-state index contributed by atoms with van der Waals surface area (Å²) >= 11 is 2.63. The summed E-state index contributed by atoms with van der Waals surface area (Å²) in [5.41, 5.74) is 0.589. The first-order chi connectivity index (χ1) is 17.7. The second-order valence-electron chi connectivity index (χ2n) is 10.2. The van der Waals surface area contributed by atoms with Crippen LogP contribution in [0.5, 0.6) is 0 Å². The van der Waals surface area contributed by atoms with Gasteiger partial charge in [0.15, 0.2) is 5.69 Å². The first kappa shape index (κ1) is 29.2. The number of aromatic nitrogens is 3. The number of amides is 1. The molecule has 0 saturated carbocycles. The molecule has 0 aromatic carbocycles. The zero-order valence-corrected chi connectivity index (χ0v) is 24.1. The summed E-state index contributed by atoms with van der Waals surface area (Å²) < 4.78 is 15.8. The van der Waals surface area contributed by atoms with Crippen LogP contribution in [0, 0.1) is 0 Å². The third kappa shape index (κ3) is 8.59. The fraction of sp³-hybridized carbons (Fsp3) is 0.462. The number of nitrogens with one attached hydrogen (secondary N) is 1. The lowest BCUT2D eigenvalue weighted by Crippen LogP contribution is -2.47. The smallest absolute Gasteiger partial charge is 0.408 e. The molecular formula is C26H32N4O6S2. The van der Waals surface area contributed by atoms with Gasteiger partial charge in [0.1, 0.15) is 22.3 Å². The lowest BCUT2D eigenvalue weighted by atomic mass is 10.1. The minimum absolute atomic E-state index is 0.119. The molecule has 3 aromatic heterocycles. The van der Waals surface area contributed by atoms with Crippen LogP contribution in [0.2, 0.25) is 0 Å². The molecular weight excluding hydrogens is 528 g/mol. The summed E-state index contributed by atoms with van der Waals surface area (Å²) in [6.45, 7) is 12.5. The number of carbonyl (C=O) groups excluding carboxylic acids is 3. The van der Waals surface area contributed by atoms with Crippen molar-refractivity contribution in [3.05, 3.63) is 39.7 Å². The van der Waals surface area contributed by atoms with Crippen LogP contribution < -0.4 is 5.32 Å². The molecule has 0 fully saturated rings. The lowest BCUT2D eigenvalue weighted by molar-refractivity contribution is -0.157. The van der Waals surface area contributed by atoms with E-state index >= 15 is 0 Å². The number of nitrogens with zero attached hydrogens (tertiary/aromatic N) is 3. The second-order valence-corrected chi connectivity index (χ2v) is 12.0. The van der Waals surface area contributed by atoms with Crippen molar-refractivity contribution in [2.45, 2.75) is 72.1 Å². The van der Waals surface area contributed by atoms with Crippen LogP contribution in [0.15, 0.2) is 29.0 Å². The Bertz CT molecular complexity index is 1290. The average Bonchev–Trinajstić information content (AvgIpc) is 3.47. The summed E-state index contributed by atoms with van der Waals surface area (Å²) in [4.78, 5) is 50.9. The molecule has 204 valence electrons. The number of pyridine rings is 1. The summed E-state index contributed by atoms with van der Waals surface area (Å²) in [6, 6.07) is 4.45. The predicted molar refractivity (Wildman–Crippen MR) is 145 cm³/mol. The minimum Gasteiger partial charge on any atom is -0.461 e.